The zero-order chi connectivity index (χ0) is 14.7. The number of hydrogen-bond donors (Lipinski definition) is 2. The van der Waals surface area contributed by atoms with Crippen LogP contribution in [0.3, 0.4) is 0 Å². The molecular weight excluding hydrogens is 261 g/mol. The summed E-state index contributed by atoms with van der Waals surface area (Å²) in [6.07, 6.45) is -2.76. The average Bonchev–Trinajstić information content (AvgIpc) is 2.34. The van der Waals surface area contributed by atoms with Crippen molar-refractivity contribution in [1.82, 2.24) is 0 Å². The Morgan fingerprint density at radius 3 is 2.11 bits per heavy atom. The first-order chi connectivity index (χ1) is 8.70. The molecule has 2 N–H and O–H groups in total. The number of Topliss-reactive ketones (excluding diaryl/α,β-unsaturated/α-hetero) is 1. The summed E-state index contributed by atoms with van der Waals surface area (Å²) in [5.41, 5.74) is 0.495. The first kappa shape index (κ1) is 15.7. The van der Waals surface area contributed by atoms with E-state index in [9.17, 15) is 18.0 Å². The van der Waals surface area contributed by atoms with Gasteiger partial charge in [0.1, 0.15) is 0 Å². The van der Waals surface area contributed by atoms with Crippen LogP contribution in [0.1, 0.15) is 35.7 Å². The van der Waals surface area contributed by atoms with Crippen molar-refractivity contribution in [2.24, 2.45) is 0 Å². The van der Waals surface area contributed by atoms with Gasteiger partial charge in [-0.05, 0) is 18.4 Å². The van der Waals surface area contributed by atoms with Gasteiger partial charge in [-0.1, -0.05) is 37.6 Å². The first-order valence-corrected chi connectivity index (χ1v) is 5.85. The number of rotatable bonds is 5. The summed E-state index contributed by atoms with van der Waals surface area (Å²) in [4.78, 5) is 11.4. The van der Waals surface area contributed by atoms with Gasteiger partial charge in [0.05, 0.1) is 0 Å². The van der Waals surface area contributed by atoms with E-state index < -0.39 is 17.7 Å². The SMILES string of the molecule is CCCCc1ccc(C(=O)C(O)(O)C(F)(F)F)cc1. The fourth-order valence-electron chi connectivity index (χ4n) is 1.53. The second kappa shape index (κ2) is 5.71. The fourth-order valence-corrected chi connectivity index (χ4v) is 1.53. The predicted molar refractivity (Wildman–Crippen MR) is 62.6 cm³/mol. The number of benzene rings is 1. The molecule has 1 aromatic carbocycles. The summed E-state index contributed by atoms with van der Waals surface area (Å²) in [6, 6.07) is 5.35. The Morgan fingerprint density at radius 1 is 1.16 bits per heavy atom. The van der Waals surface area contributed by atoms with Crippen molar-refractivity contribution >= 4 is 5.78 Å². The third kappa shape index (κ3) is 3.54. The van der Waals surface area contributed by atoms with Gasteiger partial charge in [-0.15, -0.1) is 0 Å². The van der Waals surface area contributed by atoms with E-state index in [0.717, 1.165) is 24.8 Å². The molecule has 0 heterocycles. The van der Waals surface area contributed by atoms with Gasteiger partial charge in [-0.2, -0.15) is 13.2 Å². The number of carbonyl (C=O) groups excluding carboxylic acids is 1. The second-order valence-corrected chi connectivity index (χ2v) is 4.30. The monoisotopic (exact) mass is 276 g/mol. The van der Waals surface area contributed by atoms with E-state index in [2.05, 4.69) is 0 Å². The molecule has 1 aromatic rings. The van der Waals surface area contributed by atoms with Gasteiger partial charge >= 0.3 is 12.0 Å². The Balaban J connectivity index is 2.90. The smallest absolute Gasteiger partial charge is 0.352 e. The molecule has 0 atom stereocenters. The van der Waals surface area contributed by atoms with Gasteiger partial charge in [0.15, 0.2) is 0 Å². The van der Waals surface area contributed by atoms with Crippen LogP contribution < -0.4 is 0 Å². The highest BCUT2D eigenvalue weighted by Crippen LogP contribution is 2.31. The zero-order valence-corrected chi connectivity index (χ0v) is 10.4. The Kier molecular flexibility index (Phi) is 4.70. The zero-order valence-electron chi connectivity index (χ0n) is 10.4. The van der Waals surface area contributed by atoms with Crippen LogP contribution in [0.4, 0.5) is 13.2 Å². The predicted octanol–water partition coefficient (Wildman–Crippen LogP) is 2.46. The van der Waals surface area contributed by atoms with Gasteiger partial charge in [-0.3, -0.25) is 4.79 Å². The van der Waals surface area contributed by atoms with Crippen LogP contribution in [-0.2, 0) is 6.42 Å². The van der Waals surface area contributed by atoms with Crippen molar-refractivity contribution in [3.05, 3.63) is 35.4 Å². The molecular formula is C13H15F3O3. The molecule has 0 aliphatic rings. The molecule has 0 aliphatic heterocycles. The molecule has 0 spiro atoms. The van der Waals surface area contributed by atoms with E-state index in [1.54, 1.807) is 0 Å². The van der Waals surface area contributed by atoms with Crippen molar-refractivity contribution < 1.29 is 28.2 Å². The molecule has 0 bridgehead atoms. The highest BCUT2D eigenvalue weighted by Gasteiger charge is 2.58. The van der Waals surface area contributed by atoms with Crippen LogP contribution in [0.25, 0.3) is 0 Å². The number of hydrogen-bond acceptors (Lipinski definition) is 3. The lowest BCUT2D eigenvalue weighted by Gasteiger charge is -2.22. The maximum absolute atomic E-state index is 12.3. The Hall–Kier alpha value is -1.40. The number of carbonyl (C=O) groups is 1. The first-order valence-electron chi connectivity index (χ1n) is 5.85. The topological polar surface area (TPSA) is 57.5 Å². The summed E-state index contributed by atoms with van der Waals surface area (Å²) in [5.74, 6) is -6.13. The van der Waals surface area contributed by atoms with E-state index in [4.69, 9.17) is 10.2 Å². The molecule has 0 saturated carbocycles. The minimum Gasteiger partial charge on any atom is -0.352 e. The van der Waals surface area contributed by atoms with Crippen LogP contribution >= 0.6 is 0 Å². The third-order valence-electron chi connectivity index (χ3n) is 2.75. The molecule has 0 unspecified atom stereocenters. The molecule has 1 rings (SSSR count). The number of halogens is 3. The normalized spacial score (nSPS) is 12.5. The summed E-state index contributed by atoms with van der Waals surface area (Å²) in [6.45, 7) is 2.01. The van der Waals surface area contributed by atoms with Gasteiger partial charge in [0.25, 0.3) is 0 Å². The maximum atomic E-state index is 12.3. The molecule has 19 heavy (non-hydrogen) atoms. The summed E-state index contributed by atoms with van der Waals surface area (Å²) >= 11 is 0. The lowest BCUT2D eigenvalue weighted by molar-refractivity contribution is -0.318. The highest BCUT2D eigenvalue weighted by molar-refractivity contribution is 6.01. The van der Waals surface area contributed by atoms with Crippen LogP contribution in [0.2, 0.25) is 0 Å². The van der Waals surface area contributed by atoms with E-state index in [1.165, 1.54) is 24.3 Å². The highest BCUT2D eigenvalue weighted by atomic mass is 19.4. The van der Waals surface area contributed by atoms with Crippen LogP contribution in [-0.4, -0.2) is 28.0 Å². The van der Waals surface area contributed by atoms with Gasteiger partial charge in [0, 0.05) is 5.56 Å². The molecule has 0 aliphatic carbocycles. The van der Waals surface area contributed by atoms with Crippen LogP contribution in [0.15, 0.2) is 24.3 Å². The van der Waals surface area contributed by atoms with E-state index in [-0.39, 0.29) is 5.56 Å². The molecule has 0 saturated heterocycles. The Labute approximate surface area is 108 Å². The Bertz CT molecular complexity index is 435. The van der Waals surface area contributed by atoms with Crippen molar-refractivity contribution in [3.8, 4) is 0 Å². The number of aryl methyl sites for hydroxylation is 1. The van der Waals surface area contributed by atoms with Gasteiger partial charge < -0.3 is 10.2 Å². The molecule has 0 aromatic heterocycles. The number of aliphatic hydroxyl groups is 2. The van der Waals surface area contributed by atoms with E-state index in [0.29, 0.717) is 0 Å². The molecule has 0 amide bonds. The minimum absolute atomic E-state index is 0.387. The number of ketones is 1. The molecule has 3 nitrogen and oxygen atoms in total. The summed E-state index contributed by atoms with van der Waals surface area (Å²) in [5, 5.41) is 17.7. The summed E-state index contributed by atoms with van der Waals surface area (Å²) in [7, 11) is 0. The van der Waals surface area contributed by atoms with Crippen molar-refractivity contribution in [3.63, 3.8) is 0 Å². The van der Waals surface area contributed by atoms with Gasteiger partial charge in [0.2, 0.25) is 5.78 Å². The van der Waals surface area contributed by atoms with Crippen LogP contribution in [0.5, 0.6) is 0 Å². The summed E-state index contributed by atoms with van der Waals surface area (Å²) < 4.78 is 36.9. The number of alkyl halides is 3. The van der Waals surface area contributed by atoms with E-state index >= 15 is 0 Å². The standard InChI is InChI=1S/C13H15F3O3/c1-2-3-4-9-5-7-10(8-6-9)11(17)12(18,19)13(14,15)16/h5-8,18-19H,2-4H2,1H3. The largest absolute Gasteiger partial charge is 0.451 e. The number of unbranched alkanes of at least 4 members (excludes halogenated alkanes) is 1. The lowest BCUT2D eigenvalue weighted by Crippen LogP contribution is -2.51. The second-order valence-electron chi connectivity index (χ2n) is 4.30. The maximum Gasteiger partial charge on any atom is 0.451 e. The average molecular weight is 276 g/mol. The lowest BCUT2D eigenvalue weighted by atomic mass is 10.00. The Morgan fingerprint density at radius 2 is 1.68 bits per heavy atom. The third-order valence-corrected chi connectivity index (χ3v) is 2.75. The van der Waals surface area contributed by atoms with Crippen molar-refractivity contribution in [1.29, 1.82) is 0 Å². The van der Waals surface area contributed by atoms with Gasteiger partial charge in [-0.25, -0.2) is 0 Å². The van der Waals surface area contributed by atoms with Crippen molar-refractivity contribution in [2.45, 2.75) is 38.1 Å². The van der Waals surface area contributed by atoms with Crippen LogP contribution in [0, 0.1) is 0 Å². The molecule has 0 fully saturated rings. The van der Waals surface area contributed by atoms with E-state index in [1.807, 2.05) is 6.92 Å². The molecule has 0 radical (unpaired) electrons. The fraction of sp³-hybridized carbons (Fsp3) is 0.462. The quantitative estimate of drug-likeness (QED) is 0.641. The minimum atomic E-state index is -5.43. The van der Waals surface area contributed by atoms with Crippen molar-refractivity contribution in [2.75, 3.05) is 0 Å². The molecule has 106 valence electrons. The molecule has 6 heteroatoms.